The van der Waals surface area contributed by atoms with Crippen molar-refractivity contribution in [3.8, 4) is 0 Å². The monoisotopic (exact) mass is 224 g/mol. The summed E-state index contributed by atoms with van der Waals surface area (Å²) in [5, 5.41) is 0. The molecular weight excluding hydrogens is 204 g/mol. The van der Waals surface area contributed by atoms with Crippen LogP contribution in [0.5, 0.6) is 0 Å². The van der Waals surface area contributed by atoms with E-state index in [2.05, 4.69) is 4.98 Å². The topological polar surface area (TPSA) is 57.4 Å². The van der Waals surface area contributed by atoms with Gasteiger partial charge in [-0.1, -0.05) is 6.07 Å². The molecule has 4 nitrogen and oxygen atoms in total. The minimum atomic E-state index is -0.350. The van der Waals surface area contributed by atoms with Crippen LogP contribution in [0.25, 0.3) is 0 Å². The second-order valence-electron chi connectivity index (χ2n) is 3.47. The Hall–Kier alpha value is -0.970. The third-order valence-corrected chi connectivity index (χ3v) is 2.18. The smallest absolute Gasteiger partial charge is 0.172 e. The quantitative estimate of drug-likeness (QED) is 0.710. The Labute approximate surface area is 96.8 Å². The van der Waals surface area contributed by atoms with Crippen molar-refractivity contribution in [1.82, 2.24) is 4.98 Å². The van der Waals surface area contributed by atoms with Gasteiger partial charge in [0.15, 0.2) is 6.29 Å². The number of hydrogen-bond donors (Lipinski definition) is 1. The molecule has 1 unspecified atom stereocenters. The Morgan fingerprint density at radius 2 is 1.94 bits per heavy atom. The van der Waals surface area contributed by atoms with E-state index in [0.717, 1.165) is 5.69 Å². The van der Waals surface area contributed by atoms with Gasteiger partial charge in [0.25, 0.3) is 0 Å². The summed E-state index contributed by atoms with van der Waals surface area (Å²) < 4.78 is 10.9. The summed E-state index contributed by atoms with van der Waals surface area (Å²) >= 11 is 0. The van der Waals surface area contributed by atoms with E-state index in [-0.39, 0.29) is 12.3 Å². The van der Waals surface area contributed by atoms with E-state index in [1.165, 1.54) is 0 Å². The van der Waals surface area contributed by atoms with Crippen LogP contribution in [-0.4, -0.2) is 30.5 Å². The van der Waals surface area contributed by atoms with E-state index >= 15 is 0 Å². The largest absolute Gasteiger partial charge is 0.351 e. The van der Waals surface area contributed by atoms with Crippen molar-refractivity contribution in [2.24, 2.45) is 5.73 Å². The fourth-order valence-corrected chi connectivity index (χ4v) is 1.48. The predicted molar refractivity (Wildman–Crippen MR) is 63.0 cm³/mol. The fraction of sp³-hybridized carbons (Fsp3) is 0.583. The summed E-state index contributed by atoms with van der Waals surface area (Å²) in [6, 6.07) is 5.60. The van der Waals surface area contributed by atoms with Gasteiger partial charge in [0, 0.05) is 31.5 Å². The second kappa shape index (κ2) is 7.33. The highest BCUT2D eigenvalue weighted by Crippen LogP contribution is 2.06. The lowest BCUT2D eigenvalue weighted by Crippen LogP contribution is -2.40. The van der Waals surface area contributed by atoms with Crippen LogP contribution in [0.4, 0.5) is 0 Å². The average molecular weight is 224 g/mol. The molecule has 0 saturated carbocycles. The van der Waals surface area contributed by atoms with Crippen LogP contribution < -0.4 is 5.73 Å². The molecule has 0 aliphatic heterocycles. The maximum atomic E-state index is 6.03. The number of nitrogens with two attached hydrogens (primary N) is 1. The standard InChI is InChI=1S/C12H20N2O2/c1-3-15-12(16-4-2)11(13)9-10-7-5-6-8-14-10/h5-8,11-12H,3-4,9,13H2,1-2H3. The van der Waals surface area contributed by atoms with Gasteiger partial charge in [-0.15, -0.1) is 0 Å². The van der Waals surface area contributed by atoms with Gasteiger partial charge in [-0.05, 0) is 26.0 Å². The van der Waals surface area contributed by atoms with Gasteiger partial charge in [0.1, 0.15) is 0 Å². The summed E-state index contributed by atoms with van der Waals surface area (Å²) in [7, 11) is 0. The summed E-state index contributed by atoms with van der Waals surface area (Å²) in [6.45, 7) is 5.06. The number of aromatic nitrogens is 1. The van der Waals surface area contributed by atoms with Crippen LogP contribution in [-0.2, 0) is 15.9 Å². The molecule has 0 bridgehead atoms. The Balaban J connectivity index is 2.51. The lowest BCUT2D eigenvalue weighted by molar-refractivity contribution is -0.148. The lowest BCUT2D eigenvalue weighted by atomic mass is 10.1. The summed E-state index contributed by atoms with van der Waals surface area (Å²) in [6.07, 6.45) is 2.07. The average Bonchev–Trinajstić information content (AvgIpc) is 2.30. The minimum absolute atomic E-state index is 0.185. The van der Waals surface area contributed by atoms with Crippen molar-refractivity contribution >= 4 is 0 Å². The molecule has 1 heterocycles. The lowest BCUT2D eigenvalue weighted by Gasteiger charge is -2.23. The van der Waals surface area contributed by atoms with Gasteiger partial charge in [0.2, 0.25) is 0 Å². The highest BCUT2D eigenvalue weighted by atomic mass is 16.7. The van der Waals surface area contributed by atoms with E-state index in [0.29, 0.717) is 19.6 Å². The molecular formula is C12H20N2O2. The van der Waals surface area contributed by atoms with Crippen LogP contribution in [0.3, 0.4) is 0 Å². The highest BCUT2D eigenvalue weighted by Gasteiger charge is 2.18. The van der Waals surface area contributed by atoms with Gasteiger partial charge < -0.3 is 15.2 Å². The Bertz CT molecular complexity index is 274. The fourth-order valence-electron chi connectivity index (χ4n) is 1.48. The predicted octanol–water partition coefficient (Wildman–Crippen LogP) is 1.35. The number of pyridine rings is 1. The minimum Gasteiger partial charge on any atom is -0.351 e. The van der Waals surface area contributed by atoms with E-state index in [1.54, 1.807) is 6.20 Å². The molecule has 90 valence electrons. The second-order valence-corrected chi connectivity index (χ2v) is 3.47. The van der Waals surface area contributed by atoms with Crippen molar-refractivity contribution in [1.29, 1.82) is 0 Å². The highest BCUT2D eigenvalue weighted by molar-refractivity contribution is 5.05. The van der Waals surface area contributed by atoms with E-state index < -0.39 is 0 Å². The third kappa shape index (κ3) is 4.26. The molecule has 0 saturated heterocycles. The van der Waals surface area contributed by atoms with E-state index in [4.69, 9.17) is 15.2 Å². The van der Waals surface area contributed by atoms with Crippen LogP contribution in [0.1, 0.15) is 19.5 Å². The van der Waals surface area contributed by atoms with Gasteiger partial charge in [-0.3, -0.25) is 4.98 Å². The molecule has 2 N–H and O–H groups in total. The molecule has 0 aliphatic rings. The van der Waals surface area contributed by atoms with Crippen LogP contribution in [0, 0.1) is 0 Å². The summed E-state index contributed by atoms with van der Waals surface area (Å²) in [5.41, 5.74) is 6.99. The SMILES string of the molecule is CCOC(OCC)C(N)Cc1ccccn1. The van der Waals surface area contributed by atoms with Crippen LogP contribution in [0.2, 0.25) is 0 Å². The van der Waals surface area contributed by atoms with Crippen molar-refractivity contribution in [2.75, 3.05) is 13.2 Å². The van der Waals surface area contributed by atoms with Gasteiger partial charge in [-0.2, -0.15) is 0 Å². The molecule has 1 aromatic rings. The molecule has 0 fully saturated rings. The van der Waals surface area contributed by atoms with Crippen LogP contribution >= 0.6 is 0 Å². The zero-order valence-corrected chi connectivity index (χ0v) is 9.93. The molecule has 1 aromatic heterocycles. The van der Waals surface area contributed by atoms with Gasteiger partial charge in [0.05, 0.1) is 6.04 Å². The molecule has 0 aliphatic carbocycles. The Kier molecular flexibility index (Phi) is 6.00. The van der Waals surface area contributed by atoms with Crippen molar-refractivity contribution in [3.05, 3.63) is 30.1 Å². The molecule has 0 amide bonds. The van der Waals surface area contributed by atoms with E-state index in [9.17, 15) is 0 Å². The summed E-state index contributed by atoms with van der Waals surface area (Å²) in [5.74, 6) is 0. The normalized spacial score (nSPS) is 13.0. The molecule has 4 heteroatoms. The number of rotatable bonds is 7. The van der Waals surface area contributed by atoms with Crippen molar-refractivity contribution in [3.63, 3.8) is 0 Å². The maximum absolute atomic E-state index is 6.03. The van der Waals surface area contributed by atoms with Crippen LogP contribution in [0.15, 0.2) is 24.4 Å². The molecule has 0 radical (unpaired) electrons. The van der Waals surface area contributed by atoms with E-state index in [1.807, 2.05) is 32.0 Å². The molecule has 0 aromatic carbocycles. The first-order valence-corrected chi connectivity index (χ1v) is 5.66. The van der Waals surface area contributed by atoms with Crippen molar-refractivity contribution < 1.29 is 9.47 Å². The van der Waals surface area contributed by atoms with Gasteiger partial charge in [-0.25, -0.2) is 0 Å². The first-order valence-electron chi connectivity index (χ1n) is 5.66. The zero-order valence-electron chi connectivity index (χ0n) is 9.93. The molecule has 16 heavy (non-hydrogen) atoms. The third-order valence-electron chi connectivity index (χ3n) is 2.18. The number of hydrogen-bond acceptors (Lipinski definition) is 4. The molecule has 1 rings (SSSR count). The Morgan fingerprint density at radius 1 is 1.25 bits per heavy atom. The Morgan fingerprint density at radius 3 is 2.44 bits per heavy atom. The van der Waals surface area contributed by atoms with Crippen molar-refractivity contribution in [2.45, 2.75) is 32.6 Å². The van der Waals surface area contributed by atoms with Gasteiger partial charge >= 0.3 is 0 Å². The summed E-state index contributed by atoms with van der Waals surface area (Å²) in [4.78, 5) is 4.23. The first kappa shape index (κ1) is 13.1. The number of ether oxygens (including phenoxy) is 2. The number of nitrogens with zero attached hydrogens (tertiary/aromatic N) is 1. The maximum Gasteiger partial charge on any atom is 0.172 e. The zero-order chi connectivity index (χ0) is 11.8. The molecule has 0 spiro atoms. The first-order chi connectivity index (χ1) is 7.77. The molecule has 1 atom stereocenters.